The van der Waals surface area contributed by atoms with Crippen molar-refractivity contribution in [1.82, 2.24) is 0 Å². The summed E-state index contributed by atoms with van der Waals surface area (Å²) >= 11 is 0. The Hall–Kier alpha value is -2.29. The number of amides is 1. The van der Waals surface area contributed by atoms with Crippen molar-refractivity contribution >= 4 is 17.3 Å². The van der Waals surface area contributed by atoms with Crippen molar-refractivity contribution in [1.29, 1.82) is 0 Å². The lowest BCUT2D eigenvalue weighted by Gasteiger charge is -2.24. The molecule has 3 nitrogen and oxygen atoms in total. The Kier molecular flexibility index (Phi) is 3.92. The summed E-state index contributed by atoms with van der Waals surface area (Å²) in [6, 6.07) is 11.0. The normalized spacial score (nSPS) is 18.7. The molecule has 0 aliphatic carbocycles. The van der Waals surface area contributed by atoms with E-state index in [1.165, 1.54) is 16.7 Å². The average Bonchev–Trinajstić information content (AvgIpc) is 3.14. The fourth-order valence-electron chi connectivity index (χ4n) is 4.16. The highest BCUT2D eigenvalue weighted by Gasteiger charge is 2.36. The first-order valence-electron chi connectivity index (χ1n) is 9.92. The summed E-state index contributed by atoms with van der Waals surface area (Å²) in [4.78, 5) is 13.0. The highest BCUT2D eigenvalue weighted by atomic mass is 16.2. The van der Waals surface area contributed by atoms with Crippen molar-refractivity contribution in [2.75, 3.05) is 17.2 Å². The van der Waals surface area contributed by atoms with Gasteiger partial charge in [-0.2, -0.15) is 0 Å². The second-order valence-corrected chi connectivity index (χ2v) is 10.0. The minimum atomic E-state index is -0.246. The van der Waals surface area contributed by atoms with Crippen molar-refractivity contribution in [3.63, 3.8) is 0 Å². The maximum absolute atomic E-state index is 13.0. The summed E-state index contributed by atoms with van der Waals surface area (Å²) in [5, 5.41) is 6.65. The number of hydrogen-bond acceptors (Lipinski definition) is 2. The number of carbonyl (C=O) groups is 1. The van der Waals surface area contributed by atoms with Crippen LogP contribution in [0.25, 0.3) is 0 Å². The number of anilines is 2. The van der Waals surface area contributed by atoms with Crippen molar-refractivity contribution in [2.45, 2.75) is 64.7 Å². The molecule has 2 N–H and O–H groups in total. The van der Waals surface area contributed by atoms with Gasteiger partial charge in [-0.25, -0.2) is 0 Å². The molecule has 0 bridgehead atoms. The Balaban J connectivity index is 1.91. The molecule has 2 aliphatic heterocycles. The highest BCUT2D eigenvalue weighted by Crippen LogP contribution is 2.45. The molecule has 0 saturated carbocycles. The minimum absolute atomic E-state index is 0.0531. The van der Waals surface area contributed by atoms with Crippen molar-refractivity contribution in [3.05, 3.63) is 58.1 Å². The third-order valence-electron chi connectivity index (χ3n) is 5.87. The topological polar surface area (TPSA) is 41.1 Å². The Morgan fingerprint density at radius 1 is 0.889 bits per heavy atom. The van der Waals surface area contributed by atoms with E-state index in [1.807, 2.05) is 0 Å². The zero-order chi connectivity index (χ0) is 19.6. The summed E-state index contributed by atoms with van der Waals surface area (Å²) < 4.78 is 0. The van der Waals surface area contributed by atoms with E-state index in [4.69, 9.17) is 0 Å². The molecule has 0 spiro atoms. The second-order valence-electron chi connectivity index (χ2n) is 10.0. The Labute approximate surface area is 162 Å². The van der Waals surface area contributed by atoms with Gasteiger partial charge in [-0.05, 0) is 51.1 Å². The van der Waals surface area contributed by atoms with Crippen molar-refractivity contribution in [3.8, 4) is 0 Å². The molecule has 0 saturated heterocycles. The van der Waals surface area contributed by atoms with E-state index >= 15 is 0 Å². The molecule has 4 rings (SSSR count). The van der Waals surface area contributed by atoms with Crippen LogP contribution in [0.1, 0.15) is 75.3 Å². The molecule has 27 heavy (non-hydrogen) atoms. The third kappa shape index (κ3) is 3.03. The van der Waals surface area contributed by atoms with Crippen LogP contribution in [0.15, 0.2) is 30.3 Å². The third-order valence-corrected chi connectivity index (χ3v) is 5.87. The largest absolute Gasteiger partial charge is 0.384 e. The molecule has 2 aliphatic rings. The molecule has 3 heteroatoms. The Bertz CT molecular complexity index is 929. The molecule has 1 amide bonds. The van der Waals surface area contributed by atoms with Crippen molar-refractivity contribution < 1.29 is 4.79 Å². The SMILES string of the molecule is CC(C)(C)c1ccc2c(c1)C(c1cc(C(C)(C)C)cc3c1NCC3)C(=O)N2. The van der Waals surface area contributed by atoms with Gasteiger partial charge in [0.25, 0.3) is 0 Å². The van der Waals surface area contributed by atoms with Gasteiger partial charge in [0.05, 0.1) is 5.92 Å². The minimum Gasteiger partial charge on any atom is -0.384 e. The molecular formula is C24H30N2O. The molecule has 2 aromatic carbocycles. The number of rotatable bonds is 1. The lowest BCUT2D eigenvalue weighted by molar-refractivity contribution is -0.116. The molecule has 2 heterocycles. The molecular weight excluding hydrogens is 332 g/mol. The molecule has 2 aromatic rings. The summed E-state index contributed by atoms with van der Waals surface area (Å²) in [6.07, 6.45) is 1.02. The van der Waals surface area contributed by atoms with E-state index in [1.54, 1.807) is 0 Å². The molecule has 0 aromatic heterocycles. The number of nitrogens with one attached hydrogen (secondary N) is 2. The first-order chi connectivity index (χ1) is 12.6. The van der Waals surface area contributed by atoms with E-state index < -0.39 is 0 Å². The number of carbonyl (C=O) groups excluding carboxylic acids is 1. The van der Waals surface area contributed by atoms with Crippen LogP contribution in [-0.4, -0.2) is 12.5 Å². The van der Waals surface area contributed by atoms with Crippen LogP contribution in [0, 0.1) is 0 Å². The van der Waals surface area contributed by atoms with E-state index in [-0.39, 0.29) is 22.7 Å². The second kappa shape index (κ2) is 5.85. The van der Waals surface area contributed by atoms with Gasteiger partial charge in [-0.3, -0.25) is 4.79 Å². The van der Waals surface area contributed by atoms with Crippen LogP contribution in [0.4, 0.5) is 11.4 Å². The lowest BCUT2D eigenvalue weighted by atomic mass is 9.80. The predicted molar refractivity (Wildman–Crippen MR) is 113 cm³/mol. The van der Waals surface area contributed by atoms with Gasteiger partial charge in [-0.1, -0.05) is 65.8 Å². The number of hydrogen-bond donors (Lipinski definition) is 2. The monoisotopic (exact) mass is 362 g/mol. The zero-order valence-corrected chi connectivity index (χ0v) is 17.3. The number of fused-ring (bicyclic) bond motifs is 2. The average molecular weight is 363 g/mol. The maximum atomic E-state index is 13.0. The van der Waals surface area contributed by atoms with Gasteiger partial charge in [-0.15, -0.1) is 0 Å². The molecule has 1 unspecified atom stereocenters. The zero-order valence-electron chi connectivity index (χ0n) is 17.3. The molecule has 0 radical (unpaired) electrons. The fourth-order valence-corrected chi connectivity index (χ4v) is 4.16. The van der Waals surface area contributed by atoms with Gasteiger partial charge in [0.15, 0.2) is 0 Å². The standard InChI is InChI=1S/C24H30N2O/c1-23(2,3)15-7-8-19-17(12-15)20(22(27)26-19)18-13-16(24(4,5)6)11-14-9-10-25-21(14)18/h7-8,11-13,20,25H,9-10H2,1-6H3,(H,26,27). The fraction of sp³-hybridized carbons (Fsp3) is 0.458. The molecule has 1 atom stereocenters. The summed E-state index contributed by atoms with van der Waals surface area (Å²) in [7, 11) is 0. The van der Waals surface area contributed by atoms with E-state index in [0.717, 1.165) is 35.5 Å². The lowest BCUT2D eigenvalue weighted by Crippen LogP contribution is -2.18. The predicted octanol–water partition coefficient (Wildman–Crippen LogP) is 5.33. The van der Waals surface area contributed by atoms with Crippen LogP contribution < -0.4 is 10.6 Å². The number of benzene rings is 2. The van der Waals surface area contributed by atoms with Gasteiger partial charge >= 0.3 is 0 Å². The first kappa shape index (κ1) is 18.1. The van der Waals surface area contributed by atoms with Crippen LogP contribution in [-0.2, 0) is 22.0 Å². The summed E-state index contributed by atoms with van der Waals surface area (Å²) in [6.45, 7) is 14.3. The summed E-state index contributed by atoms with van der Waals surface area (Å²) in [5.41, 5.74) is 8.35. The van der Waals surface area contributed by atoms with Crippen LogP contribution in [0.3, 0.4) is 0 Å². The van der Waals surface area contributed by atoms with Crippen molar-refractivity contribution in [2.24, 2.45) is 0 Å². The van der Waals surface area contributed by atoms with E-state index in [0.29, 0.717) is 0 Å². The van der Waals surface area contributed by atoms with Crippen LogP contribution in [0.5, 0.6) is 0 Å². The van der Waals surface area contributed by atoms with Gasteiger partial charge in [0.1, 0.15) is 0 Å². The Morgan fingerprint density at radius 2 is 1.56 bits per heavy atom. The first-order valence-corrected chi connectivity index (χ1v) is 9.92. The van der Waals surface area contributed by atoms with Gasteiger partial charge < -0.3 is 10.6 Å². The quantitative estimate of drug-likeness (QED) is 0.719. The summed E-state index contributed by atoms with van der Waals surface area (Å²) in [5.74, 6) is -0.165. The molecule has 0 fully saturated rings. The van der Waals surface area contributed by atoms with Gasteiger partial charge in [0, 0.05) is 17.9 Å². The van der Waals surface area contributed by atoms with E-state index in [2.05, 4.69) is 82.5 Å². The smallest absolute Gasteiger partial charge is 0.236 e. The van der Waals surface area contributed by atoms with Crippen LogP contribution in [0.2, 0.25) is 0 Å². The van der Waals surface area contributed by atoms with Crippen LogP contribution >= 0.6 is 0 Å². The highest BCUT2D eigenvalue weighted by molar-refractivity contribution is 6.06. The Morgan fingerprint density at radius 3 is 2.22 bits per heavy atom. The van der Waals surface area contributed by atoms with Gasteiger partial charge in [0.2, 0.25) is 5.91 Å². The van der Waals surface area contributed by atoms with E-state index in [9.17, 15) is 4.79 Å². The maximum Gasteiger partial charge on any atom is 0.236 e. The molecule has 142 valence electrons.